The van der Waals surface area contributed by atoms with E-state index < -0.39 is 13.1 Å². The van der Waals surface area contributed by atoms with E-state index in [2.05, 4.69) is 273 Å². The minimum atomic E-state index is -3.57. The van der Waals surface area contributed by atoms with Gasteiger partial charge in [-0.05, 0) is 168 Å². The molecule has 0 N–H and O–H groups in total. The van der Waals surface area contributed by atoms with E-state index in [-0.39, 0.29) is 0 Å². The van der Waals surface area contributed by atoms with Crippen LogP contribution in [0.5, 0.6) is 0 Å². The summed E-state index contributed by atoms with van der Waals surface area (Å²) < 4.78 is 0. The largest absolute Gasteiger partial charge is 0.163 e. The van der Waals surface area contributed by atoms with Crippen LogP contribution in [0.3, 0.4) is 0 Å². The first-order valence-electron chi connectivity index (χ1n) is 26.5. The van der Waals surface area contributed by atoms with Gasteiger partial charge in [0.15, 0.2) is 8.07 Å². The van der Waals surface area contributed by atoms with Gasteiger partial charge in [-0.3, -0.25) is 0 Å². The van der Waals surface area contributed by atoms with E-state index in [1.807, 2.05) is 0 Å². The van der Waals surface area contributed by atoms with Crippen LogP contribution in [-0.2, 0) is 38.5 Å². The second-order valence-corrected chi connectivity index (χ2v) is 25.2. The first kappa shape index (κ1) is 49.3. The molecule has 10 rings (SSSR count). The highest BCUT2D eigenvalue weighted by Gasteiger charge is 2.60. The van der Waals surface area contributed by atoms with Gasteiger partial charge in [0.2, 0.25) is 0 Å². The lowest BCUT2D eigenvalue weighted by atomic mass is 9.92. The highest BCUT2D eigenvalue weighted by molar-refractivity contribution is 7.15. The van der Waals surface area contributed by atoms with Gasteiger partial charge in [-0.15, -0.1) is 0 Å². The lowest BCUT2D eigenvalue weighted by molar-refractivity contribution is 0.864. The predicted molar refractivity (Wildman–Crippen MR) is 314 cm³/mol. The molecule has 0 saturated carbocycles. The highest BCUT2D eigenvalue weighted by atomic mass is 28.3. The van der Waals surface area contributed by atoms with Crippen molar-refractivity contribution in [1.29, 1.82) is 0 Å². The van der Waals surface area contributed by atoms with Gasteiger partial charge < -0.3 is 0 Å². The fraction of sp³-hybridized carbons (Fsp3) is 0.194. The SMILES string of the molecule is CC1=CC(C)([Si](c2c(C)ccc(Cc3ccccc3)c2Cc2ccccc2)(c2c(C)ccc(Cc3ccccc3)c2Cc2ccccc2)c2c(C)ccc(Cc3ccccc3)c2Cc2ccccc2)C(C)=C1C. The summed E-state index contributed by atoms with van der Waals surface area (Å²) in [6.07, 6.45) is 7.84. The number of hydrogen-bond acceptors (Lipinski definition) is 0. The molecular weight excluding hydrogens is 893 g/mol. The fourth-order valence-corrected chi connectivity index (χ4v) is 20.4. The number of rotatable bonds is 16. The minimum absolute atomic E-state index is 0.397. The quantitative estimate of drug-likeness (QED) is 0.0669. The molecule has 1 aliphatic carbocycles. The second kappa shape index (κ2) is 21.4. The molecule has 73 heavy (non-hydrogen) atoms. The second-order valence-electron chi connectivity index (χ2n) is 21.2. The van der Waals surface area contributed by atoms with Gasteiger partial charge >= 0.3 is 0 Å². The molecule has 0 amide bonds. The Morgan fingerprint density at radius 3 is 0.781 bits per heavy atom. The Labute approximate surface area is 437 Å². The van der Waals surface area contributed by atoms with Gasteiger partial charge in [0, 0.05) is 5.04 Å². The molecule has 1 unspecified atom stereocenters. The van der Waals surface area contributed by atoms with Crippen molar-refractivity contribution in [3.05, 3.63) is 325 Å². The smallest absolute Gasteiger partial charge is 0.0730 e. The normalized spacial score (nSPS) is 14.6. The molecule has 1 atom stereocenters. The van der Waals surface area contributed by atoms with Crippen LogP contribution in [0.15, 0.2) is 241 Å². The molecular formula is C72H70Si. The summed E-state index contributed by atoms with van der Waals surface area (Å²) in [6, 6.07) is 82.7. The van der Waals surface area contributed by atoms with E-state index in [0.717, 1.165) is 38.5 Å². The summed E-state index contributed by atoms with van der Waals surface area (Å²) in [6.45, 7) is 17.4. The zero-order valence-corrected chi connectivity index (χ0v) is 45.1. The van der Waals surface area contributed by atoms with Crippen molar-refractivity contribution in [2.75, 3.05) is 0 Å². The number of allylic oxidation sites excluding steroid dienone is 4. The molecule has 0 heterocycles. The van der Waals surface area contributed by atoms with E-state index >= 15 is 0 Å². The molecule has 0 aliphatic heterocycles. The molecule has 362 valence electrons. The molecule has 9 aromatic rings. The Hall–Kier alpha value is -7.32. The Kier molecular flexibility index (Phi) is 14.4. The maximum atomic E-state index is 2.77. The van der Waals surface area contributed by atoms with Gasteiger partial charge in [-0.2, -0.15) is 0 Å². The summed E-state index contributed by atoms with van der Waals surface area (Å²) in [5.74, 6) is 0. The van der Waals surface area contributed by atoms with Crippen LogP contribution in [0.4, 0.5) is 0 Å². The third kappa shape index (κ3) is 9.72. The van der Waals surface area contributed by atoms with Crippen LogP contribution in [0.1, 0.15) is 111 Å². The van der Waals surface area contributed by atoms with Gasteiger partial charge in [-0.1, -0.05) is 259 Å². The molecule has 0 radical (unpaired) electrons. The summed E-state index contributed by atoms with van der Waals surface area (Å²) in [5, 5.41) is 4.34. The van der Waals surface area contributed by atoms with Gasteiger partial charge in [0.25, 0.3) is 0 Å². The average molecular weight is 963 g/mol. The summed E-state index contributed by atoms with van der Waals surface area (Å²) in [7, 11) is -3.57. The molecule has 0 aromatic heterocycles. The molecule has 0 saturated heterocycles. The van der Waals surface area contributed by atoms with Crippen LogP contribution in [-0.4, -0.2) is 8.07 Å². The maximum Gasteiger partial charge on any atom is 0.163 e. The van der Waals surface area contributed by atoms with E-state index in [4.69, 9.17) is 0 Å². The molecule has 0 spiro atoms. The fourth-order valence-electron chi connectivity index (χ4n) is 12.8. The maximum absolute atomic E-state index is 3.57. The van der Waals surface area contributed by atoms with Crippen molar-refractivity contribution in [1.82, 2.24) is 0 Å². The number of hydrogen-bond donors (Lipinski definition) is 0. The number of benzene rings is 9. The topological polar surface area (TPSA) is 0 Å². The molecule has 9 aromatic carbocycles. The first-order chi connectivity index (χ1) is 35.5. The van der Waals surface area contributed by atoms with Crippen molar-refractivity contribution in [2.45, 2.75) is 92.0 Å². The van der Waals surface area contributed by atoms with E-state index in [9.17, 15) is 0 Å². The summed E-state index contributed by atoms with van der Waals surface area (Å²) >= 11 is 0. The lowest BCUT2D eigenvalue weighted by Crippen LogP contribution is -2.77. The molecule has 0 bridgehead atoms. The lowest BCUT2D eigenvalue weighted by Gasteiger charge is -2.52. The Morgan fingerprint density at radius 2 is 0.548 bits per heavy atom. The highest BCUT2D eigenvalue weighted by Crippen LogP contribution is 2.55. The third-order valence-electron chi connectivity index (χ3n) is 16.6. The van der Waals surface area contributed by atoms with Crippen LogP contribution in [0.25, 0.3) is 0 Å². The standard InChI is InChI=1S/C72H70Si/c1-51-38-41-63(44-57-26-14-8-15-27-57)66(47-60-32-20-11-21-33-60)69(51)73(72(7)50-54(4)55(5)56(72)6,70-52(2)39-42-64(45-58-28-16-9-17-29-58)67(70)48-61-34-22-12-23-35-61)71-53(3)40-43-65(46-59-30-18-10-19-31-59)68(71)49-62-36-24-13-25-37-62/h8-43,50H,44-49H2,1-7H3. The summed E-state index contributed by atoms with van der Waals surface area (Å²) in [4.78, 5) is 0. The Balaban J connectivity index is 1.47. The van der Waals surface area contributed by atoms with Gasteiger partial charge in [0.1, 0.15) is 0 Å². The Morgan fingerprint density at radius 1 is 0.301 bits per heavy atom. The van der Waals surface area contributed by atoms with Crippen molar-refractivity contribution in [3.8, 4) is 0 Å². The van der Waals surface area contributed by atoms with Crippen LogP contribution < -0.4 is 15.6 Å². The van der Waals surface area contributed by atoms with Crippen molar-refractivity contribution in [2.24, 2.45) is 0 Å². The van der Waals surface area contributed by atoms with Crippen molar-refractivity contribution >= 4 is 23.6 Å². The Bertz CT molecular complexity index is 3090. The zero-order chi connectivity index (χ0) is 50.5. The minimum Gasteiger partial charge on any atom is -0.0730 e. The van der Waals surface area contributed by atoms with Crippen LogP contribution in [0, 0.1) is 20.8 Å². The number of aryl methyl sites for hydroxylation is 3. The molecule has 1 aliphatic rings. The van der Waals surface area contributed by atoms with Crippen molar-refractivity contribution < 1.29 is 0 Å². The van der Waals surface area contributed by atoms with Gasteiger partial charge in [0.05, 0.1) is 0 Å². The predicted octanol–water partition coefficient (Wildman–Crippen LogP) is 15.7. The average Bonchev–Trinajstić information content (AvgIpc) is 3.62. The molecule has 1 heteroatoms. The molecule has 0 nitrogen and oxygen atoms in total. The van der Waals surface area contributed by atoms with Crippen molar-refractivity contribution in [3.63, 3.8) is 0 Å². The van der Waals surface area contributed by atoms with E-state index in [0.29, 0.717) is 0 Å². The van der Waals surface area contributed by atoms with E-state index in [1.165, 1.54) is 100 Å². The van der Waals surface area contributed by atoms with Gasteiger partial charge in [-0.25, -0.2) is 0 Å². The van der Waals surface area contributed by atoms with E-state index in [1.54, 1.807) is 15.6 Å². The third-order valence-corrected chi connectivity index (χ3v) is 23.0. The summed E-state index contributed by atoms with van der Waals surface area (Å²) in [5.41, 5.74) is 25.2. The molecule has 0 fully saturated rings. The first-order valence-corrected chi connectivity index (χ1v) is 28.5. The van der Waals surface area contributed by atoms with Crippen LogP contribution in [0.2, 0.25) is 5.04 Å². The van der Waals surface area contributed by atoms with Crippen LogP contribution >= 0.6 is 0 Å². The monoisotopic (exact) mass is 963 g/mol. The zero-order valence-electron chi connectivity index (χ0n) is 44.1.